The van der Waals surface area contributed by atoms with E-state index in [0.717, 1.165) is 49.6 Å². The first-order valence-corrected chi connectivity index (χ1v) is 37.5. The zero-order valence-electron chi connectivity index (χ0n) is 46.2. The fourth-order valence-electron chi connectivity index (χ4n) is 7.93. The standard InChI is InChI=1S/C18H19N.C17H19NO.C17H19N.3C2H6.2CH4.3CH3.3HI.V.3Y/c1-19-13-11-18(12-14-19)17-9-7-16(8-10-17)15-5-3-2-4-6-15;19-17(10-12-18-13-11-17)16-8-6-15(7-9-16)14-4-2-1-3-5-14;1-2-4-14(5-3-1)15-6-8-16(9-7-15)17-10-12-18-13-11-17;3*1-2;;;;;;;;;;;;/h2-11H,12-14H2,1H3;1-9,18-19H,10-13H2;1-9,17-18H,10-13H2;3*1-2H3;2*1H4;3*1H3;3*1H;;;;/q;;;;;;;;3*-1;;;;+3;;;/p-3/i/hD. The molecule has 4 nitrogen and oxygen atoms in total. The zero-order valence-corrected chi connectivity index (χ0v) is 61.6. The molecule has 0 amide bonds. The Labute approximate surface area is 570 Å². The molecule has 0 spiro atoms. The van der Waals surface area contributed by atoms with E-state index in [0.29, 0.717) is 25.9 Å². The molecule has 6 aromatic rings. The molecule has 0 bridgehead atoms. The number of halogens is 3. The quantitative estimate of drug-likeness (QED) is 0.115. The maximum atomic E-state index is 10.7. The Hall–Kier alpha value is 0.986. The van der Waals surface area contributed by atoms with Crippen LogP contribution in [0.15, 0.2) is 170 Å². The summed E-state index contributed by atoms with van der Waals surface area (Å²) < 4.78 is 7.58. The molecule has 2 saturated heterocycles. The van der Waals surface area contributed by atoms with E-state index < -0.39 is 5.60 Å². The van der Waals surface area contributed by atoms with Crippen molar-refractivity contribution in [1.82, 2.24) is 15.5 Å². The summed E-state index contributed by atoms with van der Waals surface area (Å²) in [7, 11) is 2.17. The minimum Gasteiger partial charge on any atom is -0.317 e. The molecule has 0 unspecified atom stereocenters. The molecule has 6 aromatic carbocycles. The Kier molecular flexibility index (Phi) is 59.0. The van der Waals surface area contributed by atoms with E-state index in [1.807, 2.05) is 71.9 Å². The molecule has 3 aliphatic rings. The number of piperidine rings is 2. The molecule has 2 fully saturated rings. The third-order valence-corrected chi connectivity index (χ3v) is 11.5. The predicted molar refractivity (Wildman–Crippen MR) is 345 cm³/mol. The van der Waals surface area contributed by atoms with Gasteiger partial charge in [-0.15, -0.1) is 0 Å². The number of nitrogens with one attached hydrogen (secondary N) is 2. The number of hydrogen-bond acceptors (Lipinski definition) is 4. The van der Waals surface area contributed by atoms with E-state index in [9.17, 15) is 5.11 Å². The first-order valence-electron chi connectivity index (χ1n) is 24.4. The summed E-state index contributed by atoms with van der Waals surface area (Å²) in [6.45, 7) is 17.8. The summed E-state index contributed by atoms with van der Waals surface area (Å²) in [6, 6.07) is 57.6. The van der Waals surface area contributed by atoms with E-state index in [1.165, 1.54) is 62.7 Å². The van der Waals surface area contributed by atoms with Gasteiger partial charge in [0.1, 0.15) is 1.41 Å². The predicted octanol–water partition coefficient (Wildman–Crippen LogP) is 19.2. The van der Waals surface area contributed by atoms with Crippen LogP contribution in [-0.4, -0.2) is 56.3 Å². The van der Waals surface area contributed by atoms with Crippen LogP contribution >= 0.6 is 59.9 Å². The van der Waals surface area contributed by atoms with Crippen molar-refractivity contribution in [3.63, 3.8) is 0 Å². The molecule has 403 valence electrons. The molecule has 3 N–H and O–H groups in total. The summed E-state index contributed by atoms with van der Waals surface area (Å²) in [5, 5.41) is 15.7. The Bertz CT molecular complexity index is 2200. The fraction of sp³-hybridized carbons (Fsp3) is 0.349. The van der Waals surface area contributed by atoms with Gasteiger partial charge < -0.3 is 42.9 Å². The van der Waals surface area contributed by atoms with Crippen molar-refractivity contribution in [3.8, 4) is 33.4 Å². The first kappa shape index (κ1) is 83.8. The Balaban J connectivity index is -0.000000209. The van der Waals surface area contributed by atoms with Gasteiger partial charge in [0, 0.05) is 111 Å². The number of hydrogen-bond donors (Lipinski definition) is 3. The molecule has 3 aliphatic heterocycles. The molecule has 74 heavy (non-hydrogen) atoms. The van der Waals surface area contributed by atoms with Crippen molar-refractivity contribution in [3.05, 3.63) is 209 Å². The second-order valence-electron chi connectivity index (χ2n) is 15.5. The topological polar surface area (TPSA) is 47.5 Å². The van der Waals surface area contributed by atoms with Crippen LogP contribution in [0.25, 0.3) is 39.0 Å². The van der Waals surface area contributed by atoms with Crippen LogP contribution in [0, 0.1) is 22.3 Å². The normalized spacial score (nSPS) is 14.1. The smallest absolute Gasteiger partial charge is 0 e. The Morgan fingerprint density at radius 2 is 0.851 bits per heavy atom. The SMILES string of the molecule is C.C.CC.CC.CC.CN1CC=C(c2ccc(-c3ccccc3)cc2)CC1.[2H]N1CCC(O)(c2ccc(-c3ccccc3)cc2)CC1.[CH3-].[CH3-].[CH3-].[I][V]([I])[I].[Y].[Y].[Y].c1ccc(-c2ccc(C3CCNCC3)cc2)cc1. The third-order valence-electron chi connectivity index (χ3n) is 11.5. The van der Waals surface area contributed by atoms with Crippen LogP contribution in [0.2, 0.25) is 1.41 Å². The number of rotatable bonds is 6. The van der Waals surface area contributed by atoms with Gasteiger partial charge in [-0.1, -0.05) is 226 Å². The maximum Gasteiger partial charge on any atom is 0 e. The fourth-order valence-corrected chi connectivity index (χ4v) is 7.93. The number of likely N-dealkylation sites (N-methyl/N-ethyl adjacent to an activating group) is 1. The molecular formula is C63H92I3N3OVY3-3. The molecule has 3 heterocycles. The zero-order chi connectivity index (χ0) is 48.9. The van der Waals surface area contributed by atoms with Gasteiger partial charge in [-0.3, -0.25) is 0 Å². The van der Waals surface area contributed by atoms with E-state index in [4.69, 9.17) is 1.41 Å². The van der Waals surface area contributed by atoms with E-state index in [-0.39, 0.29) is 140 Å². The number of aliphatic hydroxyl groups is 1. The molecule has 0 aromatic heterocycles. The molecular weight excluding hydrogens is 1510 g/mol. The minimum absolute atomic E-state index is 0. The molecule has 0 aliphatic carbocycles. The van der Waals surface area contributed by atoms with Crippen molar-refractivity contribution in [2.75, 3.05) is 46.3 Å². The van der Waals surface area contributed by atoms with Gasteiger partial charge in [-0.05, 0) is 127 Å². The summed E-state index contributed by atoms with van der Waals surface area (Å²) in [6.07, 6.45) is 7.29. The van der Waals surface area contributed by atoms with Crippen LogP contribution in [0.4, 0.5) is 0 Å². The van der Waals surface area contributed by atoms with E-state index in [1.54, 1.807) is 0 Å². The Morgan fingerprint density at radius 3 is 1.20 bits per heavy atom. The average Bonchev–Trinajstić information content (AvgIpc) is 3.41. The second kappa shape index (κ2) is 52.1. The van der Waals surface area contributed by atoms with Gasteiger partial charge in [0.05, 0.1) is 5.60 Å². The van der Waals surface area contributed by atoms with Crippen molar-refractivity contribution < 1.29 is 110 Å². The summed E-state index contributed by atoms with van der Waals surface area (Å²) in [4.78, 5) is 2.07. The van der Waals surface area contributed by atoms with Crippen LogP contribution in [0.1, 0.15) is 111 Å². The molecule has 11 heteroatoms. The monoisotopic (exact) mass is 1610 g/mol. The minimum atomic E-state index is -0.771. The van der Waals surface area contributed by atoms with Crippen molar-refractivity contribution in [2.45, 2.75) is 100 Å². The molecule has 9 rings (SSSR count). The second-order valence-corrected chi connectivity index (χ2v) is 50.9. The average molecular weight is 1610 g/mol. The molecule has 0 atom stereocenters. The Morgan fingerprint density at radius 1 is 0.527 bits per heavy atom. The third kappa shape index (κ3) is 31.8. The van der Waals surface area contributed by atoms with Gasteiger partial charge in [0.15, 0.2) is 0 Å². The van der Waals surface area contributed by atoms with Crippen molar-refractivity contribution in [1.29, 1.82) is 0 Å². The summed E-state index contributed by atoms with van der Waals surface area (Å²) in [5.41, 5.74) is 12.1. The molecule has 3 radical (unpaired) electrons. The summed E-state index contributed by atoms with van der Waals surface area (Å²) in [5.74, 6) is 0.746. The first-order chi connectivity index (χ1) is 32.7. The van der Waals surface area contributed by atoms with Gasteiger partial charge in [0.2, 0.25) is 0 Å². The van der Waals surface area contributed by atoms with Crippen molar-refractivity contribution in [2.24, 2.45) is 0 Å². The number of benzene rings is 6. The van der Waals surface area contributed by atoms with Gasteiger partial charge in [-0.25, -0.2) is 0 Å². The maximum absolute atomic E-state index is 10.7. The van der Waals surface area contributed by atoms with Crippen LogP contribution in [0.5, 0.6) is 0 Å². The van der Waals surface area contributed by atoms with Crippen LogP contribution < -0.4 is 10.6 Å². The van der Waals surface area contributed by atoms with Gasteiger partial charge in [0.25, 0.3) is 0 Å². The van der Waals surface area contributed by atoms with Crippen LogP contribution in [0.3, 0.4) is 0 Å². The van der Waals surface area contributed by atoms with E-state index in [2.05, 4.69) is 217 Å². The van der Waals surface area contributed by atoms with Crippen molar-refractivity contribution >= 4 is 65.5 Å². The van der Waals surface area contributed by atoms with Crippen LogP contribution in [-0.2, 0) is 109 Å². The van der Waals surface area contributed by atoms with Gasteiger partial charge >= 0.3 is 64.9 Å². The van der Waals surface area contributed by atoms with E-state index >= 15 is 0 Å². The largest absolute Gasteiger partial charge is 0.317 e. The number of nitrogens with zero attached hydrogens (tertiary/aromatic N) is 1. The summed E-state index contributed by atoms with van der Waals surface area (Å²) >= 11 is 7.39. The molecule has 0 saturated carbocycles. The van der Waals surface area contributed by atoms with Gasteiger partial charge in [-0.2, -0.15) is 0 Å².